The zero-order valence-corrected chi connectivity index (χ0v) is 11.2. The molecule has 0 amide bonds. The van der Waals surface area contributed by atoms with Gasteiger partial charge in [-0.3, -0.25) is 0 Å². The van der Waals surface area contributed by atoms with Gasteiger partial charge in [0.1, 0.15) is 0 Å². The van der Waals surface area contributed by atoms with Gasteiger partial charge in [-0.05, 0) is 42.0 Å². The fourth-order valence-corrected chi connectivity index (χ4v) is 2.24. The van der Waals surface area contributed by atoms with E-state index in [0.717, 1.165) is 16.7 Å². The number of aryl methyl sites for hydroxylation is 2. The Hall–Kier alpha value is -2.69. The zero-order valence-electron chi connectivity index (χ0n) is 11.2. The molecule has 0 bridgehead atoms. The molecule has 5 nitrogen and oxygen atoms in total. The van der Waals surface area contributed by atoms with Crippen LogP contribution in [0, 0.1) is 24.0 Å². The molecule has 0 spiro atoms. The van der Waals surface area contributed by atoms with E-state index in [-0.39, 0.29) is 10.7 Å². The van der Waals surface area contributed by atoms with Gasteiger partial charge in [-0.2, -0.15) is 9.38 Å². The van der Waals surface area contributed by atoms with Crippen molar-refractivity contribution in [2.45, 2.75) is 13.8 Å². The minimum absolute atomic E-state index is 0.00357. The molecule has 3 rings (SSSR count). The summed E-state index contributed by atoms with van der Waals surface area (Å²) in [5.41, 5.74) is 3.99. The van der Waals surface area contributed by atoms with E-state index >= 15 is 0 Å². The molecule has 0 saturated heterocycles. The van der Waals surface area contributed by atoms with Gasteiger partial charge in [-0.15, -0.1) is 0 Å². The number of pyridine rings is 1. The fraction of sp³-hybridized carbons (Fsp3) is 0.133. The molecule has 0 aliphatic heterocycles. The summed E-state index contributed by atoms with van der Waals surface area (Å²) in [5.74, 6) is 0.00357. The normalized spacial score (nSPS) is 10.9. The average Bonchev–Trinajstić information content (AvgIpc) is 2.81. The minimum Gasteiger partial charge on any atom is -0.358 e. The third-order valence-electron chi connectivity index (χ3n) is 3.46. The summed E-state index contributed by atoms with van der Waals surface area (Å²) in [6.45, 7) is 4.00. The molecule has 0 atom stereocenters. The van der Waals surface area contributed by atoms with E-state index < -0.39 is 0 Å². The van der Waals surface area contributed by atoms with Crippen LogP contribution in [-0.2, 0) is 0 Å². The van der Waals surface area contributed by atoms with Crippen LogP contribution in [-0.4, -0.2) is 14.3 Å². The Labute approximate surface area is 115 Å². The van der Waals surface area contributed by atoms with Crippen LogP contribution in [0.15, 0.2) is 42.6 Å². The summed E-state index contributed by atoms with van der Waals surface area (Å²) in [4.78, 5) is 15.4. The molecular weight excluding hydrogens is 254 g/mol. The Balaban J connectivity index is 2.32. The zero-order chi connectivity index (χ0) is 14.3. The van der Waals surface area contributed by atoms with Crippen molar-refractivity contribution in [2.24, 2.45) is 0 Å². The highest BCUT2D eigenvalue weighted by Gasteiger charge is 2.23. The predicted octanol–water partition coefficient (Wildman–Crippen LogP) is 3.53. The van der Waals surface area contributed by atoms with Crippen LogP contribution in [0.3, 0.4) is 0 Å². The van der Waals surface area contributed by atoms with Crippen molar-refractivity contribution in [3.05, 3.63) is 63.8 Å². The highest BCUT2D eigenvalue weighted by atomic mass is 16.6. The van der Waals surface area contributed by atoms with E-state index in [0.29, 0.717) is 11.3 Å². The Morgan fingerprint density at radius 1 is 1.15 bits per heavy atom. The maximum Gasteiger partial charge on any atom is 0.355 e. The summed E-state index contributed by atoms with van der Waals surface area (Å²) in [7, 11) is 0. The van der Waals surface area contributed by atoms with Gasteiger partial charge < -0.3 is 10.1 Å². The third-order valence-corrected chi connectivity index (χ3v) is 3.46. The molecule has 3 aromatic rings. The van der Waals surface area contributed by atoms with Crippen LogP contribution >= 0.6 is 0 Å². The summed E-state index contributed by atoms with van der Waals surface area (Å²) in [6, 6.07) is 11.1. The molecular formula is C15H13N3O2. The molecule has 2 heterocycles. The molecule has 0 radical (unpaired) electrons. The number of hydrogen-bond acceptors (Lipinski definition) is 3. The molecule has 1 aromatic carbocycles. The Morgan fingerprint density at radius 3 is 2.65 bits per heavy atom. The first-order chi connectivity index (χ1) is 9.58. The van der Waals surface area contributed by atoms with Gasteiger partial charge in [-0.25, -0.2) is 0 Å². The third kappa shape index (κ3) is 1.84. The quantitative estimate of drug-likeness (QED) is 0.527. The van der Waals surface area contributed by atoms with Gasteiger partial charge in [0.15, 0.2) is 5.69 Å². The van der Waals surface area contributed by atoms with Crippen molar-refractivity contribution in [1.29, 1.82) is 0 Å². The monoisotopic (exact) mass is 267 g/mol. The topological polar surface area (TPSA) is 60.4 Å². The van der Waals surface area contributed by atoms with Crippen molar-refractivity contribution in [2.75, 3.05) is 0 Å². The van der Waals surface area contributed by atoms with E-state index in [2.05, 4.69) is 4.98 Å². The second-order valence-corrected chi connectivity index (χ2v) is 4.77. The first-order valence-corrected chi connectivity index (χ1v) is 6.27. The number of aromatic nitrogens is 2. The number of hydrogen-bond donors (Lipinski definition) is 0. The van der Waals surface area contributed by atoms with E-state index in [1.165, 1.54) is 4.40 Å². The van der Waals surface area contributed by atoms with Crippen molar-refractivity contribution in [3.63, 3.8) is 0 Å². The Kier molecular flexibility index (Phi) is 2.75. The summed E-state index contributed by atoms with van der Waals surface area (Å²) >= 11 is 0. The standard InChI is InChI=1S/C15H13N3O2/c1-10-6-7-12(9-11(10)2)14-15(18(19)20)17-8-4-3-5-13(17)16-14/h3-9H,1-2H3. The lowest BCUT2D eigenvalue weighted by Gasteiger charge is -2.03. The first kappa shape index (κ1) is 12.3. The smallest absolute Gasteiger partial charge is 0.355 e. The average molecular weight is 267 g/mol. The lowest BCUT2D eigenvalue weighted by atomic mass is 10.0. The van der Waals surface area contributed by atoms with Crippen LogP contribution in [0.5, 0.6) is 0 Å². The van der Waals surface area contributed by atoms with E-state index in [1.54, 1.807) is 18.3 Å². The number of rotatable bonds is 2. The van der Waals surface area contributed by atoms with Crippen LogP contribution in [0.4, 0.5) is 5.82 Å². The Morgan fingerprint density at radius 2 is 1.95 bits per heavy atom. The van der Waals surface area contributed by atoms with E-state index in [4.69, 9.17) is 0 Å². The van der Waals surface area contributed by atoms with Crippen molar-refractivity contribution >= 4 is 11.5 Å². The lowest BCUT2D eigenvalue weighted by Crippen LogP contribution is -1.95. The van der Waals surface area contributed by atoms with Gasteiger partial charge in [0.2, 0.25) is 5.65 Å². The molecule has 0 aliphatic carbocycles. The number of fused-ring (bicyclic) bond motifs is 1. The first-order valence-electron chi connectivity index (χ1n) is 6.27. The summed E-state index contributed by atoms with van der Waals surface area (Å²) < 4.78 is 1.50. The highest BCUT2D eigenvalue weighted by Crippen LogP contribution is 2.31. The van der Waals surface area contributed by atoms with Gasteiger partial charge in [0.05, 0.1) is 6.20 Å². The minimum atomic E-state index is -0.384. The number of nitrogens with zero attached hydrogens (tertiary/aromatic N) is 3. The van der Waals surface area contributed by atoms with E-state index in [1.807, 2.05) is 38.1 Å². The molecule has 100 valence electrons. The molecule has 20 heavy (non-hydrogen) atoms. The lowest BCUT2D eigenvalue weighted by molar-refractivity contribution is -0.389. The largest absolute Gasteiger partial charge is 0.358 e. The van der Waals surface area contributed by atoms with Gasteiger partial charge in [0, 0.05) is 11.6 Å². The van der Waals surface area contributed by atoms with Crippen molar-refractivity contribution < 1.29 is 4.92 Å². The molecule has 0 fully saturated rings. The number of imidazole rings is 1. The summed E-state index contributed by atoms with van der Waals surface area (Å²) in [6.07, 6.45) is 1.66. The SMILES string of the molecule is Cc1ccc(-c2nc3ccccn3c2[N+](=O)[O-])cc1C. The van der Waals surface area contributed by atoms with Crippen LogP contribution in [0.25, 0.3) is 16.9 Å². The number of nitro groups is 1. The van der Waals surface area contributed by atoms with Crippen LogP contribution in [0.1, 0.15) is 11.1 Å². The molecule has 0 unspecified atom stereocenters. The van der Waals surface area contributed by atoms with Gasteiger partial charge in [-0.1, -0.05) is 18.2 Å². The second-order valence-electron chi connectivity index (χ2n) is 4.77. The molecule has 5 heteroatoms. The maximum absolute atomic E-state index is 11.4. The molecule has 2 aromatic heterocycles. The second kappa shape index (κ2) is 4.45. The molecule has 0 saturated carbocycles. The van der Waals surface area contributed by atoms with Crippen LogP contribution in [0.2, 0.25) is 0 Å². The Bertz CT molecular complexity index is 821. The van der Waals surface area contributed by atoms with Gasteiger partial charge in [0.25, 0.3) is 0 Å². The summed E-state index contributed by atoms with van der Waals surface area (Å²) in [5, 5.41) is 11.4. The molecule has 0 N–H and O–H groups in total. The highest BCUT2D eigenvalue weighted by molar-refractivity contribution is 5.73. The predicted molar refractivity (Wildman–Crippen MR) is 76.8 cm³/mol. The van der Waals surface area contributed by atoms with Crippen molar-refractivity contribution in [3.8, 4) is 11.3 Å². The van der Waals surface area contributed by atoms with Crippen molar-refractivity contribution in [1.82, 2.24) is 9.38 Å². The molecule has 0 aliphatic rings. The van der Waals surface area contributed by atoms with Crippen LogP contribution < -0.4 is 0 Å². The number of benzene rings is 1. The fourth-order valence-electron chi connectivity index (χ4n) is 2.24. The maximum atomic E-state index is 11.4. The van der Waals surface area contributed by atoms with E-state index in [9.17, 15) is 10.1 Å². The van der Waals surface area contributed by atoms with Gasteiger partial charge >= 0.3 is 5.82 Å².